The standard InChI is InChI=1S/C19H13ClN2OS2/c20-15-7-3-1-5-12(15)11-22-18(23)17(25-19(22)24)9-13-10-21-16-8-4-2-6-14(13)16/h1-10,23H,11H2/b13-9+. The Balaban J connectivity index is 1.72. The molecule has 0 fully saturated rings. The maximum atomic E-state index is 10.6. The molecular formula is C19H13ClN2OS2. The fourth-order valence-electron chi connectivity index (χ4n) is 2.74. The van der Waals surface area contributed by atoms with Crippen LogP contribution in [0.2, 0.25) is 5.02 Å². The first-order valence-corrected chi connectivity index (χ1v) is 9.25. The first-order valence-electron chi connectivity index (χ1n) is 7.64. The third-order valence-electron chi connectivity index (χ3n) is 4.02. The second-order valence-electron chi connectivity index (χ2n) is 5.61. The molecule has 4 rings (SSSR count). The Morgan fingerprint density at radius 3 is 2.76 bits per heavy atom. The largest absolute Gasteiger partial charge is 0.493 e. The van der Waals surface area contributed by atoms with E-state index in [-0.39, 0.29) is 5.88 Å². The van der Waals surface area contributed by atoms with Crippen LogP contribution in [0.5, 0.6) is 5.88 Å². The van der Waals surface area contributed by atoms with Crippen molar-refractivity contribution in [3.05, 3.63) is 73.5 Å². The van der Waals surface area contributed by atoms with Gasteiger partial charge in [-0.05, 0) is 36.0 Å². The molecule has 6 heteroatoms. The number of aromatic nitrogens is 1. The molecule has 1 aliphatic rings. The van der Waals surface area contributed by atoms with Crippen LogP contribution in [0, 0.1) is 3.95 Å². The van der Waals surface area contributed by atoms with Crippen LogP contribution < -0.4 is 0 Å². The molecule has 1 aliphatic heterocycles. The zero-order valence-corrected chi connectivity index (χ0v) is 15.4. The molecule has 1 aromatic heterocycles. The van der Waals surface area contributed by atoms with Crippen LogP contribution in [0.25, 0.3) is 11.6 Å². The molecule has 0 bridgehead atoms. The SMILES string of the molecule is Oc1c(/C=C2\C=Nc3ccccc32)sc(=S)n1Cc1ccccc1Cl. The number of fused-ring (bicyclic) bond motifs is 1. The van der Waals surface area contributed by atoms with Gasteiger partial charge in [0, 0.05) is 22.4 Å². The van der Waals surface area contributed by atoms with Crippen molar-refractivity contribution in [1.29, 1.82) is 0 Å². The van der Waals surface area contributed by atoms with E-state index in [0.717, 1.165) is 27.3 Å². The Morgan fingerprint density at radius 1 is 1.16 bits per heavy atom. The minimum Gasteiger partial charge on any atom is -0.493 e. The lowest BCUT2D eigenvalue weighted by molar-refractivity contribution is 0.422. The average Bonchev–Trinajstić information content (AvgIpc) is 3.13. The minimum absolute atomic E-state index is 0.153. The van der Waals surface area contributed by atoms with E-state index >= 15 is 0 Å². The van der Waals surface area contributed by atoms with Gasteiger partial charge in [-0.2, -0.15) is 0 Å². The average molecular weight is 385 g/mol. The summed E-state index contributed by atoms with van der Waals surface area (Å²) in [4.78, 5) is 5.11. The summed E-state index contributed by atoms with van der Waals surface area (Å²) in [5.41, 5.74) is 3.87. The Hall–Kier alpha value is -2.21. The van der Waals surface area contributed by atoms with Crippen molar-refractivity contribution in [2.24, 2.45) is 4.99 Å². The van der Waals surface area contributed by atoms with Gasteiger partial charge in [0.25, 0.3) is 0 Å². The number of rotatable bonds is 3. The lowest BCUT2D eigenvalue weighted by Gasteiger charge is -2.07. The first-order chi connectivity index (χ1) is 12.1. The quantitative estimate of drug-likeness (QED) is 0.567. The summed E-state index contributed by atoms with van der Waals surface area (Å²) >= 11 is 13.0. The fourth-order valence-corrected chi connectivity index (χ4v) is 4.19. The van der Waals surface area contributed by atoms with Gasteiger partial charge in [-0.15, -0.1) is 11.3 Å². The van der Waals surface area contributed by atoms with Crippen molar-refractivity contribution in [2.75, 3.05) is 0 Å². The Morgan fingerprint density at radius 2 is 1.92 bits per heavy atom. The van der Waals surface area contributed by atoms with Gasteiger partial charge in [0.05, 0.1) is 17.1 Å². The first kappa shape index (κ1) is 16.3. The fraction of sp³-hybridized carbons (Fsp3) is 0.0526. The Labute approximate surface area is 159 Å². The summed E-state index contributed by atoms with van der Waals surface area (Å²) in [6.45, 7) is 0.439. The summed E-state index contributed by atoms with van der Waals surface area (Å²) in [7, 11) is 0. The molecule has 0 saturated carbocycles. The highest BCUT2D eigenvalue weighted by Gasteiger charge is 2.15. The van der Waals surface area contributed by atoms with Gasteiger partial charge in [-0.3, -0.25) is 9.56 Å². The summed E-state index contributed by atoms with van der Waals surface area (Å²) in [6, 6.07) is 15.5. The number of halogens is 1. The van der Waals surface area contributed by atoms with Crippen LogP contribution in [0.4, 0.5) is 5.69 Å². The number of hydrogen-bond acceptors (Lipinski definition) is 4. The van der Waals surface area contributed by atoms with E-state index in [2.05, 4.69) is 4.99 Å². The van der Waals surface area contributed by atoms with Gasteiger partial charge in [-0.25, -0.2) is 0 Å². The smallest absolute Gasteiger partial charge is 0.210 e. The Kier molecular flexibility index (Phi) is 4.29. The molecule has 0 radical (unpaired) electrons. The maximum absolute atomic E-state index is 10.6. The van der Waals surface area contributed by atoms with Crippen molar-refractivity contribution >= 4 is 58.7 Å². The van der Waals surface area contributed by atoms with Crippen molar-refractivity contribution in [1.82, 2.24) is 4.57 Å². The van der Waals surface area contributed by atoms with Crippen LogP contribution in [-0.2, 0) is 6.54 Å². The van der Waals surface area contributed by atoms with Gasteiger partial charge >= 0.3 is 0 Å². The predicted molar refractivity (Wildman–Crippen MR) is 108 cm³/mol. The van der Waals surface area contributed by atoms with Crippen molar-refractivity contribution in [3.8, 4) is 5.88 Å². The second-order valence-corrected chi connectivity index (χ2v) is 7.69. The van der Waals surface area contributed by atoms with E-state index < -0.39 is 0 Å². The molecule has 2 aromatic carbocycles. The van der Waals surface area contributed by atoms with Gasteiger partial charge in [0.1, 0.15) is 0 Å². The van der Waals surface area contributed by atoms with Gasteiger partial charge in [-0.1, -0.05) is 48.0 Å². The molecule has 2 heterocycles. The van der Waals surface area contributed by atoms with Crippen LogP contribution in [0.3, 0.4) is 0 Å². The highest BCUT2D eigenvalue weighted by Crippen LogP contribution is 2.36. The lowest BCUT2D eigenvalue weighted by atomic mass is 10.1. The number of aromatic hydroxyl groups is 1. The summed E-state index contributed by atoms with van der Waals surface area (Å²) in [6.07, 6.45) is 3.74. The predicted octanol–water partition coefficient (Wildman–Crippen LogP) is 5.94. The number of hydrogen-bond donors (Lipinski definition) is 1. The molecule has 3 nitrogen and oxygen atoms in total. The summed E-state index contributed by atoms with van der Waals surface area (Å²) in [5, 5.41) is 11.3. The molecule has 0 saturated heterocycles. The van der Waals surface area contributed by atoms with Crippen molar-refractivity contribution in [2.45, 2.75) is 6.54 Å². The zero-order valence-electron chi connectivity index (χ0n) is 13.0. The third-order valence-corrected chi connectivity index (χ3v) is 5.78. The molecule has 0 atom stereocenters. The topological polar surface area (TPSA) is 37.5 Å². The van der Waals surface area contributed by atoms with Crippen molar-refractivity contribution < 1.29 is 5.11 Å². The van der Waals surface area contributed by atoms with E-state index in [0.29, 0.717) is 15.5 Å². The molecule has 25 heavy (non-hydrogen) atoms. The number of allylic oxidation sites excluding steroid dienone is 1. The highest BCUT2D eigenvalue weighted by molar-refractivity contribution is 7.73. The molecule has 3 aromatic rings. The molecule has 0 aliphatic carbocycles. The van der Waals surface area contributed by atoms with Crippen LogP contribution in [0.15, 0.2) is 53.5 Å². The van der Waals surface area contributed by atoms with Crippen LogP contribution >= 0.6 is 35.2 Å². The van der Waals surface area contributed by atoms with E-state index in [9.17, 15) is 5.11 Å². The lowest BCUT2D eigenvalue weighted by Crippen LogP contribution is -1.99. The molecule has 124 valence electrons. The number of nitrogens with zero attached hydrogens (tertiary/aromatic N) is 2. The molecule has 1 N–H and O–H groups in total. The second kappa shape index (κ2) is 6.59. The highest BCUT2D eigenvalue weighted by atomic mass is 35.5. The van der Waals surface area contributed by atoms with Crippen LogP contribution in [-0.4, -0.2) is 15.9 Å². The monoisotopic (exact) mass is 384 g/mol. The Bertz CT molecular complexity index is 1080. The minimum atomic E-state index is 0.153. The van der Waals surface area contributed by atoms with E-state index in [1.165, 1.54) is 11.3 Å². The summed E-state index contributed by atoms with van der Waals surface area (Å²) in [5.74, 6) is 0.153. The van der Waals surface area contributed by atoms with E-state index in [4.69, 9.17) is 23.8 Å². The van der Waals surface area contributed by atoms with Gasteiger partial charge < -0.3 is 5.11 Å². The van der Waals surface area contributed by atoms with Crippen LogP contribution in [0.1, 0.15) is 16.0 Å². The third kappa shape index (κ3) is 3.06. The number of aliphatic imine (C=N–C) groups is 1. The van der Waals surface area contributed by atoms with E-state index in [1.54, 1.807) is 4.57 Å². The van der Waals surface area contributed by atoms with Crippen molar-refractivity contribution in [3.63, 3.8) is 0 Å². The molecule has 0 spiro atoms. The number of para-hydroxylation sites is 1. The normalized spacial score (nSPS) is 14.2. The maximum Gasteiger partial charge on any atom is 0.210 e. The summed E-state index contributed by atoms with van der Waals surface area (Å²) < 4.78 is 2.30. The number of benzene rings is 2. The molecular weight excluding hydrogens is 372 g/mol. The van der Waals surface area contributed by atoms with E-state index in [1.807, 2.05) is 60.8 Å². The van der Waals surface area contributed by atoms with Gasteiger partial charge in [0.2, 0.25) is 5.88 Å². The molecule has 0 unspecified atom stereocenters. The number of thiazole rings is 1. The van der Waals surface area contributed by atoms with Gasteiger partial charge in [0.15, 0.2) is 3.95 Å². The zero-order chi connectivity index (χ0) is 17.4. The molecule has 0 amide bonds.